The number of rotatable bonds is 6. The number of carbonyl (C=O) groups excluding carboxylic acids is 1. The maximum atomic E-state index is 11.7. The van der Waals surface area contributed by atoms with Crippen LogP contribution in [-0.2, 0) is 9.53 Å². The number of para-hydroxylation sites is 1. The second kappa shape index (κ2) is 8.18. The van der Waals surface area contributed by atoms with E-state index in [-0.39, 0.29) is 11.7 Å². The fraction of sp³-hybridized carbons (Fsp3) is 0.250. The Kier molecular flexibility index (Phi) is 5.98. The average Bonchev–Trinajstić information content (AvgIpc) is 2.54. The highest BCUT2D eigenvalue weighted by Crippen LogP contribution is 2.32. The molecule has 0 spiro atoms. The highest BCUT2D eigenvalue weighted by Gasteiger charge is 2.08. The van der Waals surface area contributed by atoms with Gasteiger partial charge < -0.3 is 9.84 Å². The van der Waals surface area contributed by atoms with Gasteiger partial charge in [0.2, 0.25) is 0 Å². The van der Waals surface area contributed by atoms with Gasteiger partial charge in [0.05, 0.1) is 6.61 Å². The van der Waals surface area contributed by atoms with Gasteiger partial charge in [0, 0.05) is 11.6 Å². The van der Waals surface area contributed by atoms with E-state index in [1.807, 2.05) is 37.3 Å². The Balaban J connectivity index is 2.26. The third kappa shape index (κ3) is 4.71. The molecule has 120 valence electrons. The predicted octanol–water partition coefficient (Wildman–Crippen LogP) is 4.72. The Hall–Kier alpha value is -2.55. The first-order valence-electron chi connectivity index (χ1n) is 7.85. The zero-order chi connectivity index (χ0) is 16.7. The molecule has 0 amide bonds. The molecular formula is C20H22O3. The van der Waals surface area contributed by atoms with Crippen molar-refractivity contribution in [1.82, 2.24) is 0 Å². The summed E-state index contributed by atoms with van der Waals surface area (Å²) in [6.07, 6.45) is 5.03. The van der Waals surface area contributed by atoms with E-state index in [1.165, 1.54) is 6.08 Å². The van der Waals surface area contributed by atoms with Crippen LogP contribution in [0, 0.1) is 6.92 Å². The number of aromatic hydroxyl groups is 1. The number of hydrogen-bond acceptors (Lipinski definition) is 3. The highest BCUT2D eigenvalue weighted by atomic mass is 16.5. The summed E-state index contributed by atoms with van der Waals surface area (Å²) in [5.74, 6) is -0.125. The lowest BCUT2D eigenvalue weighted by atomic mass is 9.96. The molecule has 0 aliphatic heterocycles. The van der Waals surface area contributed by atoms with Crippen LogP contribution in [0.25, 0.3) is 17.2 Å². The van der Waals surface area contributed by atoms with Crippen molar-refractivity contribution in [2.45, 2.75) is 26.7 Å². The summed E-state index contributed by atoms with van der Waals surface area (Å²) in [5, 5.41) is 10.1. The fourth-order valence-corrected chi connectivity index (χ4v) is 2.27. The lowest BCUT2D eigenvalue weighted by Gasteiger charge is -2.10. The number of esters is 1. The van der Waals surface area contributed by atoms with Crippen molar-refractivity contribution >= 4 is 12.0 Å². The van der Waals surface area contributed by atoms with Gasteiger partial charge in [-0.05, 0) is 36.6 Å². The number of phenols is 1. The lowest BCUT2D eigenvalue weighted by Crippen LogP contribution is -2.01. The van der Waals surface area contributed by atoms with Crippen molar-refractivity contribution in [2.24, 2.45) is 0 Å². The van der Waals surface area contributed by atoms with Crippen LogP contribution in [-0.4, -0.2) is 17.7 Å². The molecule has 0 heterocycles. The number of carbonyl (C=O) groups is 1. The number of ether oxygens (including phenoxy) is 1. The van der Waals surface area contributed by atoms with Crippen LogP contribution < -0.4 is 0 Å². The van der Waals surface area contributed by atoms with Crippen molar-refractivity contribution in [3.8, 4) is 16.9 Å². The predicted molar refractivity (Wildman–Crippen MR) is 93.2 cm³/mol. The zero-order valence-electron chi connectivity index (χ0n) is 13.6. The number of hydrogen-bond donors (Lipinski definition) is 1. The van der Waals surface area contributed by atoms with Crippen LogP contribution in [0.5, 0.6) is 5.75 Å². The Bertz CT molecular complexity index is 702. The van der Waals surface area contributed by atoms with Crippen molar-refractivity contribution in [2.75, 3.05) is 6.61 Å². The van der Waals surface area contributed by atoms with Gasteiger partial charge in [-0.3, -0.25) is 0 Å². The van der Waals surface area contributed by atoms with Crippen LogP contribution in [0.4, 0.5) is 0 Å². The summed E-state index contributed by atoms with van der Waals surface area (Å²) < 4.78 is 5.12. The standard InChI is InChI=1S/C20H22O3/c1-3-4-13-23-20(22)12-11-16-10-9-15(2)14-18(16)17-7-5-6-8-19(17)21/h5-12,14,21H,3-4,13H2,1-2H3/b12-11+. The number of benzene rings is 2. The topological polar surface area (TPSA) is 46.5 Å². The fourth-order valence-electron chi connectivity index (χ4n) is 2.27. The van der Waals surface area contributed by atoms with E-state index in [0.717, 1.165) is 35.1 Å². The third-order valence-electron chi connectivity index (χ3n) is 3.54. The lowest BCUT2D eigenvalue weighted by molar-refractivity contribution is -0.137. The van der Waals surface area contributed by atoms with Crippen molar-refractivity contribution in [3.05, 3.63) is 59.7 Å². The highest BCUT2D eigenvalue weighted by molar-refractivity contribution is 5.89. The SMILES string of the molecule is CCCCOC(=O)/C=C/c1ccc(C)cc1-c1ccccc1O. The van der Waals surface area contributed by atoms with Crippen LogP contribution in [0.3, 0.4) is 0 Å². The quantitative estimate of drug-likeness (QED) is 0.477. The largest absolute Gasteiger partial charge is 0.507 e. The Morgan fingerprint density at radius 3 is 2.70 bits per heavy atom. The molecule has 2 rings (SSSR count). The summed E-state index contributed by atoms with van der Waals surface area (Å²) >= 11 is 0. The number of aryl methyl sites for hydroxylation is 1. The minimum atomic E-state index is -0.345. The van der Waals surface area contributed by atoms with E-state index in [1.54, 1.807) is 18.2 Å². The van der Waals surface area contributed by atoms with Crippen molar-refractivity contribution < 1.29 is 14.6 Å². The molecule has 2 aromatic carbocycles. The summed E-state index contributed by atoms with van der Waals surface area (Å²) in [6.45, 7) is 4.49. The van der Waals surface area contributed by atoms with Gasteiger partial charge in [-0.1, -0.05) is 55.3 Å². The molecule has 0 radical (unpaired) electrons. The van der Waals surface area contributed by atoms with Crippen LogP contribution in [0.15, 0.2) is 48.5 Å². The maximum Gasteiger partial charge on any atom is 0.330 e. The van der Waals surface area contributed by atoms with Gasteiger partial charge in [0.15, 0.2) is 0 Å². The molecule has 1 N–H and O–H groups in total. The molecular weight excluding hydrogens is 288 g/mol. The van der Waals surface area contributed by atoms with E-state index >= 15 is 0 Å². The molecule has 0 atom stereocenters. The second-order valence-corrected chi connectivity index (χ2v) is 5.46. The second-order valence-electron chi connectivity index (χ2n) is 5.46. The van der Waals surface area contributed by atoms with Crippen molar-refractivity contribution in [3.63, 3.8) is 0 Å². The number of phenolic OH excluding ortho intramolecular Hbond substituents is 1. The van der Waals surface area contributed by atoms with Gasteiger partial charge in [0.1, 0.15) is 5.75 Å². The van der Waals surface area contributed by atoms with Crippen LogP contribution in [0.2, 0.25) is 0 Å². The monoisotopic (exact) mass is 310 g/mol. The summed E-state index contributed by atoms with van der Waals surface area (Å²) in [5.41, 5.74) is 3.59. The first kappa shape index (κ1) is 16.8. The van der Waals surface area contributed by atoms with Gasteiger partial charge in [-0.15, -0.1) is 0 Å². The van der Waals surface area contributed by atoms with E-state index in [9.17, 15) is 9.90 Å². The minimum absolute atomic E-state index is 0.221. The van der Waals surface area contributed by atoms with Crippen LogP contribution >= 0.6 is 0 Å². The van der Waals surface area contributed by atoms with Gasteiger partial charge in [-0.25, -0.2) is 4.79 Å². The van der Waals surface area contributed by atoms with E-state index < -0.39 is 0 Å². The van der Waals surface area contributed by atoms with Gasteiger partial charge >= 0.3 is 5.97 Å². The molecule has 0 aliphatic carbocycles. The molecule has 2 aromatic rings. The zero-order valence-corrected chi connectivity index (χ0v) is 13.6. The molecule has 0 unspecified atom stereocenters. The average molecular weight is 310 g/mol. The normalized spacial score (nSPS) is 10.9. The van der Waals surface area contributed by atoms with Gasteiger partial charge in [-0.2, -0.15) is 0 Å². The summed E-state index contributed by atoms with van der Waals surface area (Å²) in [7, 11) is 0. The molecule has 0 saturated carbocycles. The van der Waals surface area contributed by atoms with Crippen LogP contribution in [0.1, 0.15) is 30.9 Å². The molecule has 0 bridgehead atoms. The molecule has 0 aromatic heterocycles. The molecule has 3 heteroatoms. The molecule has 0 aliphatic rings. The Labute approximate surface area is 137 Å². The van der Waals surface area contributed by atoms with E-state index in [0.29, 0.717) is 6.61 Å². The van der Waals surface area contributed by atoms with E-state index in [4.69, 9.17) is 4.74 Å². The smallest absolute Gasteiger partial charge is 0.330 e. The Morgan fingerprint density at radius 1 is 1.17 bits per heavy atom. The summed E-state index contributed by atoms with van der Waals surface area (Å²) in [6, 6.07) is 13.1. The van der Waals surface area contributed by atoms with E-state index in [2.05, 4.69) is 6.92 Å². The minimum Gasteiger partial charge on any atom is -0.507 e. The number of unbranched alkanes of at least 4 members (excludes halogenated alkanes) is 1. The third-order valence-corrected chi connectivity index (χ3v) is 3.54. The Morgan fingerprint density at radius 2 is 1.96 bits per heavy atom. The summed E-state index contributed by atoms with van der Waals surface area (Å²) in [4.78, 5) is 11.7. The molecule has 23 heavy (non-hydrogen) atoms. The molecule has 3 nitrogen and oxygen atoms in total. The van der Waals surface area contributed by atoms with Crippen molar-refractivity contribution in [1.29, 1.82) is 0 Å². The first-order valence-corrected chi connectivity index (χ1v) is 7.85. The maximum absolute atomic E-state index is 11.7. The van der Waals surface area contributed by atoms with Gasteiger partial charge in [0.25, 0.3) is 0 Å². The molecule has 0 saturated heterocycles. The first-order chi connectivity index (χ1) is 11.1. The molecule has 0 fully saturated rings.